The standard InChI is InChI=1S/C20H29N5O3S/c1-6-24(12-17(26)21-14(3)4)18(27)13-29-20-23-22-19(25(20)7-2)15-10-8-9-11-16(15)28-5/h8-11,14H,6-7,12-13H2,1-5H3,(H,21,26). The molecule has 0 radical (unpaired) electrons. The molecular weight excluding hydrogens is 390 g/mol. The largest absolute Gasteiger partial charge is 0.496 e. The Morgan fingerprint density at radius 2 is 1.97 bits per heavy atom. The molecular formula is C20H29N5O3S. The highest BCUT2D eigenvalue weighted by Gasteiger charge is 2.20. The highest BCUT2D eigenvalue weighted by atomic mass is 32.2. The molecule has 0 bridgehead atoms. The number of methoxy groups -OCH3 is 1. The van der Waals surface area contributed by atoms with Crippen molar-refractivity contribution in [2.24, 2.45) is 0 Å². The first-order valence-corrected chi connectivity index (χ1v) is 10.7. The number of nitrogens with one attached hydrogen (secondary N) is 1. The van der Waals surface area contributed by atoms with E-state index in [-0.39, 0.29) is 30.2 Å². The lowest BCUT2D eigenvalue weighted by molar-refractivity contribution is -0.134. The molecule has 1 heterocycles. The Kier molecular flexibility index (Phi) is 8.50. The van der Waals surface area contributed by atoms with E-state index >= 15 is 0 Å². The molecule has 0 saturated carbocycles. The quantitative estimate of drug-likeness (QED) is 0.595. The minimum atomic E-state index is -0.157. The summed E-state index contributed by atoms with van der Waals surface area (Å²) in [5.41, 5.74) is 0.850. The van der Waals surface area contributed by atoms with Crippen LogP contribution in [-0.2, 0) is 16.1 Å². The lowest BCUT2D eigenvalue weighted by Crippen LogP contribution is -2.43. The van der Waals surface area contributed by atoms with E-state index < -0.39 is 0 Å². The molecule has 0 unspecified atom stereocenters. The molecule has 1 aromatic heterocycles. The summed E-state index contributed by atoms with van der Waals surface area (Å²) < 4.78 is 7.39. The predicted octanol–water partition coefficient (Wildman–Crippen LogP) is 2.44. The Balaban J connectivity index is 2.09. The smallest absolute Gasteiger partial charge is 0.239 e. The maximum atomic E-state index is 12.6. The first-order valence-electron chi connectivity index (χ1n) is 9.67. The number of amides is 2. The topological polar surface area (TPSA) is 89.3 Å². The number of para-hydroxylation sites is 1. The summed E-state index contributed by atoms with van der Waals surface area (Å²) >= 11 is 1.32. The fourth-order valence-electron chi connectivity index (χ4n) is 2.84. The van der Waals surface area contributed by atoms with Gasteiger partial charge >= 0.3 is 0 Å². The van der Waals surface area contributed by atoms with Gasteiger partial charge < -0.3 is 19.5 Å². The Morgan fingerprint density at radius 1 is 1.24 bits per heavy atom. The van der Waals surface area contributed by atoms with E-state index in [1.54, 1.807) is 12.0 Å². The van der Waals surface area contributed by atoms with Crippen LogP contribution in [0.5, 0.6) is 5.75 Å². The third-order valence-corrected chi connectivity index (χ3v) is 5.18. The number of carbonyl (C=O) groups is 2. The van der Waals surface area contributed by atoms with Crippen molar-refractivity contribution in [3.05, 3.63) is 24.3 Å². The average Bonchev–Trinajstić information content (AvgIpc) is 3.12. The van der Waals surface area contributed by atoms with Crippen molar-refractivity contribution in [1.82, 2.24) is 25.0 Å². The third kappa shape index (κ3) is 5.96. The number of aromatic nitrogens is 3. The molecule has 158 valence electrons. The van der Waals surface area contributed by atoms with E-state index in [9.17, 15) is 9.59 Å². The SMILES string of the molecule is CCN(CC(=O)NC(C)C)C(=O)CSc1nnc(-c2ccccc2OC)n1CC. The minimum Gasteiger partial charge on any atom is -0.496 e. The van der Waals surface area contributed by atoms with Crippen LogP contribution in [0.4, 0.5) is 0 Å². The molecule has 29 heavy (non-hydrogen) atoms. The number of nitrogens with zero attached hydrogens (tertiary/aromatic N) is 4. The molecule has 8 nitrogen and oxygen atoms in total. The summed E-state index contributed by atoms with van der Waals surface area (Å²) in [6.07, 6.45) is 0. The molecule has 2 aromatic rings. The molecule has 2 amide bonds. The Bertz CT molecular complexity index is 837. The summed E-state index contributed by atoms with van der Waals surface area (Å²) in [6.45, 7) is 8.83. The van der Waals surface area contributed by atoms with E-state index in [0.717, 1.165) is 11.3 Å². The Labute approximate surface area is 176 Å². The molecule has 0 aliphatic rings. The lowest BCUT2D eigenvalue weighted by Gasteiger charge is -2.21. The summed E-state index contributed by atoms with van der Waals surface area (Å²) in [5, 5.41) is 12.0. The maximum absolute atomic E-state index is 12.6. The van der Waals surface area contributed by atoms with Gasteiger partial charge in [0.25, 0.3) is 0 Å². The van der Waals surface area contributed by atoms with Gasteiger partial charge in [0.2, 0.25) is 11.8 Å². The van der Waals surface area contributed by atoms with Gasteiger partial charge in [-0.2, -0.15) is 0 Å². The molecule has 0 fully saturated rings. The summed E-state index contributed by atoms with van der Waals surface area (Å²) in [7, 11) is 1.62. The zero-order valence-corrected chi connectivity index (χ0v) is 18.5. The molecule has 2 rings (SSSR count). The predicted molar refractivity (Wildman–Crippen MR) is 114 cm³/mol. The van der Waals surface area contributed by atoms with Crippen LogP contribution in [0.15, 0.2) is 29.4 Å². The number of benzene rings is 1. The van der Waals surface area contributed by atoms with Crippen LogP contribution < -0.4 is 10.1 Å². The van der Waals surface area contributed by atoms with E-state index in [1.807, 2.05) is 56.5 Å². The second kappa shape index (κ2) is 10.8. The van der Waals surface area contributed by atoms with Gasteiger partial charge in [0.15, 0.2) is 11.0 Å². The molecule has 1 N–H and O–H groups in total. The molecule has 0 aliphatic carbocycles. The fourth-order valence-corrected chi connectivity index (χ4v) is 3.75. The van der Waals surface area contributed by atoms with E-state index in [4.69, 9.17) is 4.74 Å². The number of likely N-dealkylation sites (N-methyl/N-ethyl adjacent to an activating group) is 1. The van der Waals surface area contributed by atoms with E-state index in [2.05, 4.69) is 15.5 Å². The highest BCUT2D eigenvalue weighted by Crippen LogP contribution is 2.30. The summed E-state index contributed by atoms with van der Waals surface area (Å²) in [5.74, 6) is 1.34. The van der Waals surface area contributed by atoms with Gasteiger partial charge in [-0.15, -0.1) is 10.2 Å². The molecule has 0 atom stereocenters. The maximum Gasteiger partial charge on any atom is 0.239 e. The van der Waals surface area contributed by atoms with Crippen molar-refractivity contribution < 1.29 is 14.3 Å². The number of rotatable bonds is 10. The van der Waals surface area contributed by atoms with Crippen molar-refractivity contribution in [3.63, 3.8) is 0 Å². The molecule has 0 spiro atoms. The van der Waals surface area contributed by atoms with Crippen LogP contribution in [0.3, 0.4) is 0 Å². The fraction of sp³-hybridized carbons (Fsp3) is 0.500. The van der Waals surface area contributed by atoms with Gasteiger partial charge in [0.1, 0.15) is 5.75 Å². The number of thioether (sulfide) groups is 1. The Morgan fingerprint density at radius 3 is 2.59 bits per heavy atom. The van der Waals surface area contributed by atoms with Gasteiger partial charge in [0, 0.05) is 19.1 Å². The molecule has 0 aliphatic heterocycles. The van der Waals surface area contributed by atoms with Crippen molar-refractivity contribution >= 4 is 23.6 Å². The molecule has 9 heteroatoms. The first kappa shape index (κ1) is 22.7. The van der Waals surface area contributed by atoms with Gasteiger partial charge in [-0.25, -0.2) is 0 Å². The first-order chi connectivity index (χ1) is 13.9. The number of ether oxygens (including phenoxy) is 1. The van der Waals surface area contributed by atoms with Crippen LogP contribution >= 0.6 is 11.8 Å². The van der Waals surface area contributed by atoms with E-state index in [1.165, 1.54) is 11.8 Å². The van der Waals surface area contributed by atoms with E-state index in [0.29, 0.717) is 24.1 Å². The summed E-state index contributed by atoms with van der Waals surface area (Å²) in [4.78, 5) is 26.1. The van der Waals surface area contributed by atoms with Gasteiger partial charge in [-0.1, -0.05) is 23.9 Å². The monoisotopic (exact) mass is 419 g/mol. The van der Waals surface area contributed by atoms with Crippen LogP contribution in [0.2, 0.25) is 0 Å². The number of hydrogen-bond donors (Lipinski definition) is 1. The van der Waals surface area contributed by atoms with Gasteiger partial charge in [-0.3, -0.25) is 9.59 Å². The second-order valence-electron chi connectivity index (χ2n) is 6.67. The van der Waals surface area contributed by atoms with Crippen molar-refractivity contribution in [2.45, 2.75) is 45.4 Å². The zero-order chi connectivity index (χ0) is 21.4. The average molecular weight is 420 g/mol. The normalized spacial score (nSPS) is 10.8. The highest BCUT2D eigenvalue weighted by molar-refractivity contribution is 7.99. The van der Waals surface area contributed by atoms with Gasteiger partial charge in [-0.05, 0) is 39.8 Å². The number of carbonyl (C=O) groups excluding carboxylic acids is 2. The van der Waals surface area contributed by atoms with Crippen molar-refractivity contribution in [2.75, 3.05) is 26.0 Å². The lowest BCUT2D eigenvalue weighted by atomic mass is 10.2. The van der Waals surface area contributed by atoms with Crippen LogP contribution in [0, 0.1) is 0 Å². The van der Waals surface area contributed by atoms with Crippen molar-refractivity contribution in [1.29, 1.82) is 0 Å². The molecule has 1 aromatic carbocycles. The second-order valence-corrected chi connectivity index (χ2v) is 7.61. The minimum absolute atomic E-state index is 0.0437. The van der Waals surface area contributed by atoms with Crippen LogP contribution in [-0.4, -0.2) is 63.5 Å². The zero-order valence-electron chi connectivity index (χ0n) is 17.6. The van der Waals surface area contributed by atoms with Crippen LogP contribution in [0.1, 0.15) is 27.7 Å². The van der Waals surface area contributed by atoms with Crippen molar-refractivity contribution in [3.8, 4) is 17.1 Å². The van der Waals surface area contributed by atoms with Crippen LogP contribution in [0.25, 0.3) is 11.4 Å². The molecule has 0 saturated heterocycles. The third-order valence-electron chi connectivity index (χ3n) is 4.22. The van der Waals surface area contributed by atoms with Gasteiger partial charge in [0.05, 0.1) is 25.0 Å². The number of hydrogen-bond acceptors (Lipinski definition) is 6. The summed E-state index contributed by atoms with van der Waals surface area (Å²) in [6, 6.07) is 7.67. The Hall–Kier alpha value is -2.55.